The van der Waals surface area contributed by atoms with Crippen molar-refractivity contribution in [1.29, 1.82) is 0 Å². The van der Waals surface area contributed by atoms with Gasteiger partial charge in [0.2, 0.25) is 5.95 Å². The Morgan fingerprint density at radius 3 is 2.42 bits per heavy atom. The van der Waals surface area contributed by atoms with Crippen molar-refractivity contribution in [3.05, 3.63) is 103 Å². The number of nitrogens with zero attached hydrogens (tertiary/aromatic N) is 4. The van der Waals surface area contributed by atoms with E-state index in [0.29, 0.717) is 18.2 Å². The number of allylic oxidation sites excluding steroid dienone is 1. The maximum atomic E-state index is 11.9. The van der Waals surface area contributed by atoms with E-state index >= 15 is 0 Å². The second-order valence-electron chi connectivity index (χ2n) is 9.47. The molecular formula is C31H32N6O. The third-order valence-corrected chi connectivity index (χ3v) is 6.57. The summed E-state index contributed by atoms with van der Waals surface area (Å²) in [4.78, 5) is 26.3. The molecule has 2 heterocycles. The van der Waals surface area contributed by atoms with Crippen molar-refractivity contribution in [2.75, 3.05) is 48.8 Å². The average molecular weight is 505 g/mol. The fourth-order valence-corrected chi connectivity index (χ4v) is 4.47. The lowest BCUT2D eigenvalue weighted by molar-refractivity contribution is -0.114. The average Bonchev–Trinajstić information content (AvgIpc) is 2.94. The highest BCUT2D eigenvalue weighted by Crippen LogP contribution is 2.27. The molecule has 0 amide bonds. The van der Waals surface area contributed by atoms with Crippen molar-refractivity contribution in [1.82, 2.24) is 14.9 Å². The van der Waals surface area contributed by atoms with Gasteiger partial charge in [-0.2, -0.15) is 4.98 Å². The molecule has 1 saturated heterocycles. The molecule has 0 spiro atoms. The third kappa shape index (κ3) is 6.44. The van der Waals surface area contributed by atoms with E-state index in [1.807, 2.05) is 66.7 Å². The Bertz CT molecular complexity index is 1410. The van der Waals surface area contributed by atoms with Crippen molar-refractivity contribution in [3.8, 4) is 11.3 Å². The molecule has 38 heavy (non-hydrogen) atoms. The number of piperazine rings is 1. The predicted octanol–water partition coefficient (Wildman–Crippen LogP) is 5.68. The summed E-state index contributed by atoms with van der Waals surface area (Å²) in [5.74, 6) is 1.15. The molecule has 0 aliphatic carbocycles. The molecule has 5 rings (SSSR count). The van der Waals surface area contributed by atoms with E-state index in [0.717, 1.165) is 54.4 Å². The Morgan fingerprint density at radius 1 is 0.868 bits per heavy atom. The Morgan fingerprint density at radius 2 is 1.63 bits per heavy atom. The van der Waals surface area contributed by atoms with Gasteiger partial charge in [-0.25, -0.2) is 4.98 Å². The topological polar surface area (TPSA) is 73.4 Å². The lowest BCUT2D eigenvalue weighted by atomic mass is 10.0. The number of carbonyl (C=O) groups excluding carboxylic acids is 1. The largest absolute Gasteiger partial charge is 0.369 e. The fourth-order valence-electron chi connectivity index (χ4n) is 4.47. The van der Waals surface area contributed by atoms with Crippen LogP contribution in [0.2, 0.25) is 0 Å². The molecule has 192 valence electrons. The maximum absolute atomic E-state index is 11.9. The highest BCUT2D eigenvalue weighted by Gasteiger charge is 2.15. The highest BCUT2D eigenvalue weighted by molar-refractivity contribution is 5.91. The van der Waals surface area contributed by atoms with Crippen LogP contribution in [0.4, 0.5) is 28.8 Å². The standard InChI is InChI=1S/C31H32N6O/c1-3-28(38)20-23-9-7-10-24(19-23)29-22-30(32-25-11-5-4-6-12-25)35-31(34-29)33-26-13-8-14-27(21-26)37-17-15-36(2)16-18-37/h3-14,19,21-22H,1,15-18,20H2,2H3,(H2,32,33,34,35). The Hall–Kier alpha value is -4.49. The summed E-state index contributed by atoms with van der Waals surface area (Å²) in [5, 5.41) is 6.81. The van der Waals surface area contributed by atoms with Crippen molar-refractivity contribution >= 4 is 34.6 Å². The first kappa shape index (κ1) is 25.2. The zero-order chi connectivity index (χ0) is 26.3. The summed E-state index contributed by atoms with van der Waals surface area (Å²) >= 11 is 0. The summed E-state index contributed by atoms with van der Waals surface area (Å²) in [6, 6.07) is 28.1. The van der Waals surface area contributed by atoms with Gasteiger partial charge in [0.05, 0.1) is 5.69 Å². The molecule has 1 aromatic heterocycles. The minimum absolute atomic E-state index is 0.0149. The lowest BCUT2D eigenvalue weighted by Gasteiger charge is -2.34. The quantitative estimate of drug-likeness (QED) is 0.284. The molecule has 0 bridgehead atoms. The number of likely N-dealkylation sites (N-methyl/N-ethyl adjacent to an activating group) is 1. The Balaban J connectivity index is 1.46. The van der Waals surface area contributed by atoms with Gasteiger partial charge < -0.3 is 20.4 Å². The summed E-state index contributed by atoms with van der Waals surface area (Å²) in [6.45, 7) is 7.69. The van der Waals surface area contributed by atoms with Gasteiger partial charge in [-0.05, 0) is 55.1 Å². The molecule has 2 N–H and O–H groups in total. The molecule has 0 atom stereocenters. The van der Waals surface area contributed by atoms with E-state index in [-0.39, 0.29) is 5.78 Å². The van der Waals surface area contributed by atoms with Crippen LogP contribution in [0.3, 0.4) is 0 Å². The maximum Gasteiger partial charge on any atom is 0.229 e. The highest BCUT2D eigenvalue weighted by atomic mass is 16.1. The van der Waals surface area contributed by atoms with Gasteiger partial charge in [0.15, 0.2) is 5.78 Å². The van der Waals surface area contributed by atoms with Crippen LogP contribution in [0.15, 0.2) is 97.6 Å². The van der Waals surface area contributed by atoms with Crippen LogP contribution >= 0.6 is 0 Å². The van der Waals surface area contributed by atoms with E-state index in [9.17, 15) is 4.79 Å². The van der Waals surface area contributed by atoms with Crippen LogP contribution < -0.4 is 15.5 Å². The van der Waals surface area contributed by atoms with Gasteiger partial charge in [0.25, 0.3) is 0 Å². The van der Waals surface area contributed by atoms with E-state index < -0.39 is 0 Å². The summed E-state index contributed by atoms with van der Waals surface area (Å²) in [6.07, 6.45) is 1.67. The van der Waals surface area contributed by atoms with Crippen molar-refractivity contribution in [3.63, 3.8) is 0 Å². The second kappa shape index (κ2) is 11.7. The first-order valence-electron chi connectivity index (χ1n) is 12.8. The van der Waals surface area contributed by atoms with Crippen LogP contribution in [0.1, 0.15) is 5.56 Å². The SMILES string of the molecule is C=CC(=O)Cc1cccc(-c2cc(Nc3ccccc3)nc(Nc3cccc(N4CCN(C)CC4)c3)n2)c1. The van der Waals surface area contributed by atoms with Crippen molar-refractivity contribution < 1.29 is 4.79 Å². The first-order chi connectivity index (χ1) is 18.6. The number of para-hydroxylation sites is 1. The van der Waals surface area contributed by atoms with Crippen LogP contribution in [-0.2, 0) is 11.2 Å². The van der Waals surface area contributed by atoms with Gasteiger partial charge >= 0.3 is 0 Å². The number of ketones is 1. The van der Waals surface area contributed by atoms with E-state index in [4.69, 9.17) is 9.97 Å². The van der Waals surface area contributed by atoms with Crippen LogP contribution in [0.5, 0.6) is 0 Å². The van der Waals surface area contributed by atoms with E-state index in [2.05, 4.69) is 52.3 Å². The molecule has 1 aliphatic rings. The van der Waals surface area contributed by atoms with Crippen LogP contribution in [0.25, 0.3) is 11.3 Å². The Kier molecular flexibility index (Phi) is 7.75. The van der Waals surface area contributed by atoms with E-state index in [1.165, 1.54) is 11.8 Å². The molecule has 7 nitrogen and oxygen atoms in total. The number of hydrogen-bond acceptors (Lipinski definition) is 7. The van der Waals surface area contributed by atoms with Crippen molar-refractivity contribution in [2.45, 2.75) is 6.42 Å². The molecule has 0 unspecified atom stereocenters. The Labute approximate surface area is 223 Å². The number of anilines is 5. The number of nitrogens with one attached hydrogen (secondary N) is 2. The number of rotatable bonds is 9. The third-order valence-electron chi connectivity index (χ3n) is 6.57. The first-order valence-corrected chi connectivity index (χ1v) is 12.8. The summed E-state index contributed by atoms with van der Waals surface area (Å²) in [5.41, 5.74) is 5.62. The van der Waals surface area contributed by atoms with Gasteiger partial charge in [-0.1, -0.05) is 49.0 Å². The van der Waals surface area contributed by atoms with Crippen LogP contribution in [-0.4, -0.2) is 53.9 Å². The molecule has 3 aromatic carbocycles. The summed E-state index contributed by atoms with van der Waals surface area (Å²) in [7, 11) is 2.16. The lowest BCUT2D eigenvalue weighted by Crippen LogP contribution is -2.44. The van der Waals surface area contributed by atoms with Crippen LogP contribution in [0, 0.1) is 0 Å². The number of benzene rings is 3. The molecule has 1 fully saturated rings. The smallest absolute Gasteiger partial charge is 0.229 e. The minimum atomic E-state index is -0.0149. The van der Waals surface area contributed by atoms with Gasteiger partial charge in [0, 0.05) is 61.3 Å². The monoisotopic (exact) mass is 504 g/mol. The zero-order valence-electron chi connectivity index (χ0n) is 21.6. The van der Waals surface area contributed by atoms with Gasteiger partial charge in [-0.15, -0.1) is 0 Å². The summed E-state index contributed by atoms with van der Waals surface area (Å²) < 4.78 is 0. The molecule has 1 aliphatic heterocycles. The molecule has 4 aromatic rings. The molecular weight excluding hydrogens is 472 g/mol. The number of aromatic nitrogens is 2. The molecule has 0 saturated carbocycles. The minimum Gasteiger partial charge on any atom is -0.369 e. The van der Waals surface area contributed by atoms with Gasteiger partial charge in [0.1, 0.15) is 5.82 Å². The normalized spacial score (nSPS) is 13.7. The number of carbonyl (C=O) groups is 1. The van der Waals surface area contributed by atoms with Crippen molar-refractivity contribution in [2.24, 2.45) is 0 Å². The zero-order valence-corrected chi connectivity index (χ0v) is 21.6. The molecule has 7 heteroatoms. The molecule has 0 radical (unpaired) electrons. The fraction of sp³-hybridized carbons (Fsp3) is 0.194. The van der Waals surface area contributed by atoms with E-state index in [1.54, 1.807) is 0 Å². The second-order valence-corrected chi connectivity index (χ2v) is 9.47. The number of hydrogen-bond donors (Lipinski definition) is 2. The predicted molar refractivity (Wildman–Crippen MR) is 156 cm³/mol. The van der Waals surface area contributed by atoms with Gasteiger partial charge in [-0.3, -0.25) is 4.79 Å².